The summed E-state index contributed by atoms with van der Waals surface area (Å²) in [5, 5.41) is 7.19. The van der Waals surface area contributed by atoms with Gasteiger partial charge in [0.15, 0.2) is 11.6 Å². The second kappa shape index (κ2) is 14.7. The van der Waals surface area contributed by atoms with E-state index in [0.29, 0.717) is 18.1 Å². The molecule has 0 aliphatic rings. The zero-order valence-electron chi connectivity index (χ0n) is 34.4. The number of para-hydroxylation sites is 3. The van der Waals surface area contributed by atoms with Gasteiger partial charge in [-0.05, 0) is 76.9 Å². The number of hydrogen-bond donors (Lipinski definition) is 0. The minimum absolute atomic E-state index is 0.579. The molecule has 300 valence electrons. The molecule has 0 bridgehead atoms. The minimum Gasteiger partial charge on any atom is -0.455 e. The van der Waals surface area contributed by atoms with Crippen molar-refractivity contribution >= 4 is 75.3 Å². The number of aromatic nitrogens is 4. The van der Waals surface area contributed by atoms with Gasteiger partial charge in [0.05, 0.1) is 11.0 Å². The lowest BCUT2D eigenvalue weighted by atomic mass is 9.98. The first kappa shape index (κ1) is 36.5. The molecule has 0 aliphatic heterocycles. The SMILES string of the molecule is c1ccc(-c2nc(Cc3cccc4sc5ccc(-c6ccc7c(c6)c6ccccc6n7-c6cccc(-c7cccc8c7oc7ccccc78)c6)cc5c34)nc(-c3ccccc3)n2)cc1. The van der Waals surface area contributed by atoms with Crippen molar-refractivity contribution in [1.29, 1.82) is 0 Å². The van der Waals surface area contributed by atoms with Gasteiger partial charge in [-0.15, -0.1) is 11.3 Å². The summed E-state index contributed by atoms with van der Waals surface area (Å²) in [6.07, 6.45) is 0.579. The van der Waals surface area contributed by atoms with Crippen molar-refractivity contribution < 1.29 is 4.42 Å². The van der Waals surface area contributed by atoms with Crippen molar-refractivity contribution in [2.45, 2.75) is 6.42 Å². The van der Waals surface area contributed by atoms with E-state index in [2.05, 4.69) is 162 Å². The lowest BCUT2D eigenvalue weighted by Gasteiger charge is -2.11. The maximum absolute atomic E-state index is 6.47. The monoisotopic (exact) mass is 836 g/mol. The molecule has 0 saturated heterocycles. The Hall–Kier alpha value is -8.19. The van der Waals surface area contributed by atoms with Crippen molar-refractivity contribution in [3.63, 3.8) is 0 Å². The van der Waals surface area contributed by atoms with Crippen molar-refractivity contribution in [3.8, 4) is 50.7 Å². The number of thiophene rings is 1. The average Bonchev–Trinajstić information content (AvgIpc) is 4.04. The van der Waals surface area contributed by atoms with E-state index >= 15 is 0 Å². The second-order valence-corrected chi connectivity index (χ2v) is 17.4. The summed E-state index contributed by atoms with van der Waals surface area (Å²) in [6.45, 7) is 0. The first-order valence-electron chi connectivity index (χ1n) is 21.5. The lowest BCUT2D eigenvalue weighted by molar-refractivity contribution is 0.670. The molecule has 0 atom stereocenters. The molecule has 0 amide bonds. The van der Waals surface area contributed by atoms with Crippen LogP contribution in [0, 0.1) is 0 Å². The van der Waals surface area contributed by atoms with Crippen LogP contribution in [0.3, 0.4) is 0 Å². The fourth-order valence-corrected chi connectivity index (χ4v) is 10.7. The molecule has 64 heavy (non-hydrogen) atoms. The molecule has 4 heterocycles. The summed E-state index contributed by atoms with van der Waals surface area (Å²) in [7, 11) is 0. The summed E-state index contributed by atoms with van der Waals surface area (Å²) in [5.74, 6) is 2.10. The van der Waals surface area contributed by atoms with E-state index < -0.39 is 0 Å². The molecule has 6 heteroatoms. The van der Waals surface area contributed by atoms with Gasteiger partial charge in [0.1, 0.15) is 17.0 Å². The van der Waals surface area contributed by atoms with Gasteiger partial charge in [-0.2, -0.15) is 0 Å². The summed E-state index contributed by atoms with van der Waals surface area (Å²) < 4.78 is 11.4. The van der Waals surface area contributed by atoms with Crippen molar-refractivity contribution in [2.75, 3.05) is 0 Å². The van der Waals surface area contributed by atoms with Gasteiger partial charge in [0.25, 0.3) is 0 Å². The Morgan fingerprint density at radius 2 is 1.06 bits per heavy atom. The van der Waals surface area contributed by atoms with E-state index in [1.807, 2.05) is 59.9 Å². The number of fused-ring (bicyclic) bond motifs is 9. The van der Waals surface area contributed by atoms with Crippen LogP contribution in [-0.4, -0.2) is 19.5 Å². The van der Waals surface area contributed by atoms with E-state index in [1.54, 1.807) is 0 Å². The molecule has 0 radical (unpaired) electrons. The van der Waals surface area contributed by atoms with Crippen molar-refractivity contribution in [3.05, 3.63) is 218 Å². The quantitative estimate of drug-likeness (QED) is 0.160. The van der Waals surface area contributed by atoms with Gasteiger partial charge in [-0.25, -0.2) is 15.0 Å². The predicted molar refractivity (Wildman–Crippen MR) is 265 cm³/mol. The number of hydrogen-bond acceptors (Lipinski definition) is 5. The van der Waals surface area contributed by atoms with Crippen LogP contribution < -0.4 is 0 Å². The molecule has 13 aromatic rings. The van der Waals surface area contributed by atoms with Gasteiger partial charge < -0.3 is 8.98 Å². The van der Waals surface area contributed by atoms with Gasteiger partial charge in [0.2, 0.25) is 0 Å². The van der Waals surface area contributed by atoms with Gasteiger partial charge in [-0.1, -0.05) is 152 Å². The lowest BCUT2D eigenvalue weighted by Crippen LogP contribution is -2.04. The van der Waals surface area contributed by atoms with E-state index in [1.165, 1.54) is 53.2 Å². The minimum atomic E-state index is 0.579. The summed E-state index contributed by atoms with van der Waals surface area (Å²) >= 11 is 1.83. The molecule has 0 unspecified atom stereocenters. The standard InChI is InChI=1S/C58H36N4OS/c1-3-14-36(15-4-1)57-59-54(60-58(61-57)37-16-5-2-6-17-37)35-41-19-12-27-53-55(41)48-34-39(29-31-52(48)64-53)38-28-30-50-47(33-38)44-21-7-9-25-49(44)62(50)42-20-11-18-40(32-42)43-23-13-24-46-45-22-8-10-26-51(45)63-56(43)46/h1-34H,35H2. The van der Waals surface area contributed by atoms with E-state index in [4.69, 9.17) is 19.4 Å². The Morgan fingerprint density at radius 3 is 1.88 bits per heavy atom. The molecule has 0 spiro atoms. The highest BCUT2D eigenvalue weighted by Gasteiger charge is 2.19. The molecule has 0 aliphatic carbocycles. The highest BCUT2D eigenvalue weighted by Crippen LogP contribution is 2.42. The molecule has 0 N–H and O–H groups in total. The zero-order valence-corrected chi connectivity index (χ0v) is 35.3. The molecule has 0 saturated carbocycles. The fourth-order valence-electron chi connectivity index (χ4n) is 9.55. The highest BCUT2D eigenvalue weighted by atomic mass is 32.1. The third-order valence-corrected chi connectivity index (χ3v) is 13.6. The van der Waals surface area contributed by atoms with Crippen molar-refractivity contribution in [1.82, 2.24) is 19.5 Å². The van der Waals surface area contributed by atoms with E-state index in [9.17, 15) is 0 Å². The zero-order chi connectivity index (χ0) is 42.1. The maximum Gasteiger partial charge on any atom is 0.163 e. The second-order valence-electron chi connectivity index (χ2n) is 16.3. The average molecular weight is 837 g/mol. The van der Waals surface area contributed by atoms with E-state index in [-0.39, 0.29) is 0 Å². The van der Waals surface area contributed by atoms with E-state index in [0.717, 1.165) is 61.2 Å². The van der Waals surface area contributed by atoms with Crippen LogP contribution >= 0.6 is 11.3 Å². The largest absolute Gasteiger partial charge is 0.455 e. The molecule has 0 fully saturated rings. The first-order valence-corrected chi connectivity index (χ1v) is 22.4. The van der Waals surface area contributed by atoms with Crippen LogP contribution in [0.15, 0.2) is 211 Å². The van der Waals surface area contributed by atoms with Crippen LogP contribution in [0.1, 0.15) is 11.4 Å². The Morgan fingerprint density at radius 1 is 0.422 bits per heavy atom. The highest BCUT2D eigenvalue weighted by molar-refractivity contribution is 7.25. The van der Waals surface area contributed by atoms with Crippen LogP contribution in [0.25, 0.3) is 115 Å². The molecule has 4 aromatic heterocycles. The Labute approximate surface area is 372 Å². The Bertz CT molecular complexity index is 3880. The van der Waals surface area contributed by atoms with Crippen LogP contribution in [0.5, 0.6) is 0 Å². The third kappa shape index (κ3) is 6.03. The number of nitrogens with zero attached hydrogens (tertiary/aromatic N) is 4. The normalized spacial score (nSPS) is 11.8. The van der Waals surface area contributed by atoms with Gasteiger partial charge in [-0.3, -0.25) is 0 Å². The maximum atomic E-state index is 6.47. The molecular weight excluding hydrogens is 801 g/mol. The summed E-state index contributed by atoms with van der Waals surface area (Å²) in [6, 6.07) is 73.1. The number of furan rings is 1. The Kier molecular flexibility index (Phi) is 8.39. The smallest absolute Gasteiger partial charge is 0.163 e. The predicted octanol–water partition coefficient (Wildman–Crippen LogP) is 15.5. The molecule has 13 rings (SSSR count). The molecular formula is C58H36N4OS. The van der Waals surface area contributed by atoms with Gasteiger partial charge in [0, 0.05) is 70.5 Å². The molecule has 5 nitrogen and oxygen atoms in total. The fraction of sp³-hybridized carbons (Fsp3) is 0.0172. The first-order chi connectivity index (χ1) is 31.7. The third-order valence-electron chi connectivity index (χ3n) is 12.5. The topological polar surface area (TPSA) is 56.7 Å². The molecule has 9 aromatic carbocycles. The van der Waals surface area contributed by atoms with Crippen LogP contribution in [0.2, 0.25) is 0 Å². The van der Waals surface area contributed by atoms with Gasteiger partial charge >= 0.3 is 0 Å². The van der Waals surface area contributed by atoms with Crippen molar-refractivity contribution in [2.24, 2.45) is 0 Å². The number of benzene rings is 9. The number of rotatable bonds is 7. The summed E-state index contributed by atoms with van der Waals surface area (Å²) in [4.78, 5) is 15.0. The van der Waals surface area contributed by atoms with Crippen LogP contribution in [0.4, 0.5) is 0 Å². The summed E-state index contributed by atoms with van der Waals surface area (Å²) in [5.41, 5.74) is 12.9. The van der Waals surface area contributed by atoms with Crippen LogP contribution in [-0.2, 0) is 6.42 Å². The Balaban J connectivity index is 0.908.